The number of carbonyl (C=O) groups is 1. The van der Waals surface area contributed by atoms with Crippen molar-refractivity contribution in [3.8, 4) is 0 Å². The van der Waals surface area contributed by atoms with Crippen LogP contribution in [0.25, 0.3) is 0 Å². The summed E-state index contributed by atoms with van der Waals surface area (Å²) in [4.78, 5) is 14.0. The van der Waals surface area contributed by atoms with Crippen LogP contribution in [0.15, 0.2) is 0 Å². The molecule has 18 heavy (non-hydrogen) atoms. The molecule has 2 rings (SSSR count). The quantitative estimate of drug-likeness (QED) is 0.750. The summed E-state index contributed by atoms with van der Waals surface area (Å²) in [6.45, 7) is 4.07. The zero-order chi connectivity index (χ0) is 13.2. The Morgan fingerprint density at radius 3 is 2.44 bits per heavy atom. The summed E-state index contributed by atoms with van der Waals surface area (Å²) in [5.74, 6) is -0.0829. The Morgan fingerprint density at radius 2 is 1.94 bits per heavy atom. The molecule has 0 N–H and O–H groups in total. The van der Waals surface area contributed by atoms with Crippen LogP contribution in [0, 0.1) is 5.92 Å². The molecular weight excluding hydrogens is 254 g/mol. The third-order valence-corrected chi connectivity index (χ3v) is 5.51. The van der Waals surface area contributed by atoms with Crippen LogP contribution < -0.4 is 0 Å². The Balaban J connectivity index is 1.85. The van der Waals surface area contributed by atoms with Crippen molar-refractivity contribution in [2.45, 2.75) is 32.3 Å². The topological polar surface area (TPSA) is 63.7 Å². The summed E-state index contributed by atoms with van der Waals surface area (Å²) in [5, 5.41) is 0. The molecular formula is C12H21NO4S. The molecule has 0 spiro atoms. The van der Waals surface area contributed by atoms with Gasteiger partial charge in [-0.15, -0.1) is 0 Å². The summed E-state index contributed by atoms with van der Waals surface area (Å²) < 4.78 is 28.3. The molecule has 104 valence electrons. The van der Waals surface area contributed by atoms with Crippen LogP contribution in [0.5, 0.6) is 0 Å². The molecule has 0 unspecified atom stereocenters. The maximum Gasteiger partial charge on any atom is 0.226 e. The van der Waals surface area contributed by atoms with Crippen LogP contribution in [-0.2, 0) is 19.4 Å². The molecule has 5 nitrogen and oxygen atoms in total. The number of sulfone groups is 1. The Bertz CT molecular complexity index is 398. The molecule has 2 aliphatic rings. The van der Waals surface area contributed by atoms with Gasteiger partial charge in [-0.2, -0.15) is 0 Å². The third-order valence-electron chi connectivity index (χ3n) is 3.74. The van der Waals surface area contributed by atoms with Crippen LogP contribution in [0.3, 0.4) is 0 Å². The van der Waals surface area contributed by atoms with Gasteiger partial charge in [0.1, 0.15) is 0 Å². The minimum absolute atomic E-state index is 0.0195. The van der Waals surface area contributed by atoms with Gasteiger partial charge in [0.2, 0.25) is 5.91 Å². The zero-order valence-corrected chi connectivity index (χ0v) is 11.6. The minimum Gasteiger partial charge on any atom is -0.378 e. The molecule has 0 aliphatic carbocycles. The Kier molecular flexibility index (Phi) is 4.27. The van der Waals surface area contributed by atoms with Gasteiger partial charge < -0.3 is 9.64 Å². The van der Waals surface area contributed by atoms with E-state index in [1.807, 2.05) is 6.92 Å². The first-order chi connectivity index (χ1) is 8.52. The van der Waals surface area contributed by atoms with E-state index in [1.54, 1.807) is 4.90 Å². The average molecular weight is 275 g/mol. The highest BCUT2D eigenvalue weighted by atomic mass is 32.2. The van der Waals surface area contributed by atoms with E-state index in [4.69, 9.17) is 4.74 Å². The standard InChI is InChI=1S/C12H21NO4S/c1-2-17-11-3-6-13(7-4-11)12(14)10-5-8-18(15,16)9-10/h10-11H,2-9H2,1H3/t10-/m1/s1. The van der Waals surface area contributed by atoms with Crippen molar-refractivity contribution in [3.05, 3.63) is 0 Å². The predicted octanol–water partition coefficient (Wildman–Crippen LogP) is 0.449. The summed E-state index contributed by atoms with van der Waals surface area (Å²) in [5.41, 5.74) is 0. The van der Waals surface area contributed by atoms with E-state index < -0.39 is 9.84 Å². The van der Waals surface area contributed by atoms with Crippen LogP contribution in [0.4, 0.5) is 0 Å². The van der Waals surface area contributed by atoms with Crippen molar-refractivity contribution >= 4 is 15.7 Å². The molecule has 1 amide bonds. The lowest BCUT2D eigenvalue weighted by Gasteiger charge is -2.33. The van der Waals surface area contributed by atoms with Gasteiger partial charge in [0.05, 0.1) is 23.5 Å². The monoisotopic (exact) mass is 275 g/mol. The van der Waals surface area contributed by atoms with E-state index in [0.717, 1.165) is 12.8 Å². The van der Waals surface area contributed by atoms with E-state index in [1.165, 1.54) is 0 Å². The fourth-order valence-electron chi connectivity index (χ4n) is 2.73. The number of nitrogens with zero attached hydrogens (tertiary/aromatic N) is 1. The molecule has 0 saturated carbocycles. The van der Waals surface area contributed by atoms with Gasteiger partial charge in [-0.05, 0) is 26.2 Å². The molecule has 0 radical (unpaired) electrons. The van der Waals surface area contributed by atoms with E-state index >= 15 is 0 Å². The number of carbonyl (C=O) groups excluding carboxylic acids is 1. The van der Waals surface area contributed by atoms with Crippen molar-refractivity contribution in [1.82, 2.24) is 4.90 Å². The smallest absolute Gasteiger partial charge is 0.226 e. The number of hydrogen-bond acceptors (Lipinski definition) is 4. The second-order valence-electron chi connectivity index (χ2n) is 5.08. The van der Waals surface area contributed by atoms with Gasteiger partial charge in [-0.25, -0.2) is 8.42 Å². The van der Waals surface area contributed by atoms with Crippen LogP contribution in [0.1, 0.15) is 26.2 Å². The lowest BCUT2D eigenvalue weighted by Crippen LogP contribution is -2.43. The number of piperidine rings is 1. The average Bonchev–Trinajstić information content (AvgIpc) is 2.70. The molecule has 1 atom stereocenters. The highest BCUT2D eigenvalue weighted by molar-refractivity contribution is 7.91. The molecule has 0 aromatic rings. The van der Waals surface area contributed by atoms with Crippen molar-refractivity contribution in [2.75, 3.05) is 31.2 Å². The van der Waals surface area contributed by atoms with Crippen molar-refractivity contribution in [3.63, 3.8) is 0 Å². The molecule has 2 aliphatic heterocycles. The Morgan fingerprint density at radius 1 is 1.28 bits per heavy atom. The normalized spacial score (nSPS) is 28.5. The molecule has 0 aromatic heterocycles. The lowest BCUT2D eigenvalue weighted by molar-refractivity contribution is -0.137. The summed E-state index contributed by atoms with van der Waals surface area (Å²) in [6, 6.07) is 0. The molecule has 0 aromatic carbocycles. The second kappa shape index (κ2) is 5.57. The van der Waals surface area contributed by atoms with Gasteiger partial charge in [0, 0.05) is 19.7 Å². The van der Waals surface area contributed by atoms with Gasteiger partial charge in [-0.1, -0.05) is 0 Å². The Hall–Kier alpha value is -0.620. The number of amides is 1. The molecule has 2 fully saturated rings. The van der Waals surface area contributed by atoms with E-state index in [9.17, 15) is 13.2 Å². The second-order valence-corrected chi connectivity index (χ2v) is 7.31. The number of ether oxygens (including phenoxy) is 1. The molecule has 0 bridgehead atoms. The fourth-order valence-corrected chi connectivity index (χ4v) is 4.46. The minimum atomic E-state index is -2.97. The third kappa shape index (κ3) is 3.23. The van der Waals surface area contributed by atoms with Gasteiger partial charge >= 0.3 is 0 Å². The first-order valence-electron chi connectivity index (χ1n) is 6.62. The summed E-state index contributed by atoms with van der Waals surface area (Å²) >= 11 is 0. The van der Waals surface area contributed by atoms with Crippen LogP contribution in [-0.4, -0.2) is 56.5 Å². The van der Waals surface area contributed by atoms with Gasteiger partial charge in [0.15, 0.2) is 9.84 Å². The molecule has 2 saturated heterocycles. The summed E-state index contributed by atoms with van der Waals surface area (Å²) in [7, 11) is -2.97. The SMILES string of the molecule is CCOC1CCN(C(=O)[C@@H]2CCS(=O)(=O)C2)CC1. The molecule has 2 heterocycles. The van der Waals surface area contributed by atoms with Gasteiger partial charge in [0.25, 0.3) is 0 Å². The fraction of sp³-hybridized carbons (Fsp3) is 0.917. The van der Waals surface area contributed by atoms with Gasteiger partial charge in [-0.3, -0.25) is 4.79 Å². The molecule has 6 heteroatoms. The van der Waals surface area contributed by atoms with Crippen LogP contribution in [0.2, 0.25) is 0 Å². The first-order valence-corrected chi connectivity index (χ1v) is 8.45. The highest BCUT2D eigenvalue weighted by Gasteiger charge is 2.36. The van der Waals surface area contributed by atoms with E-state index in [2.05, 4.69) is 0 Å². The maximum atomic E-state index is 12.2. The van der Waals surface area contributed by atoms with Crippen molar-refractivity contribution in [1.29, 1.82) is 0 Å². The first kappa shape index (κ1) is 13.8. The lowest BCUT2D eigenvalue weighted by atomic mass is 10.0. The number of hydrogen-bond donors (Lipinski definition) is 0. The van der Waals surface area contributed by atoms with Crippen molar-refractivity contribution in [2.24, 2.45) is 5.92 Å². The van der Waals surface area contributed by atoms with E-state index in [0.29, 0.717) is 26.1 Å². The van der Waals surface area contributed by atoms with E-state index in [-0.39, 0.29) is 29.4 Å². The highest BCUT2D eigenvalue weighted by Crippen LogP contribution is 2.23. The zero-order valence-electron chi connectivity index (χ0n) is 10.8. The van der Waals surface area contributed by atoms with Crippen molar-refractivity contribution < 1.29 is 17.9 Å². The number of rotatable bonds is 3. The summed E-state index contributed by atoms with van der Waals surface area (Å²) in [6.07, 6.45) is 2.47. The largest absolute Gasteiger partial charge is 0.378 e. The Labute approximate surface area is 108 Å². The predicted molar refractivity (Wildman–Crippen MR) is 68.0 cm³/mol. The van der Waals surface area contributed by atoms with Crippen LogP contribution >= 0.6 is 0 Å². The number of likely N-dealkylation sites (tertiary alicyclic amines) is 1. The maximum absolute atomic E-state index is 12.2.